The maximum atomic E-state index is 9.91. The number of benzene rings is 1. The van der Waals surface area contributed by atoms with Crippen LogP contribution in [0.25, 0.3) is 10.9 Å². The Morgan fingerprint density at radius 2 is 2.12 bits per heavy atom. The molecule has 0 spiro atoms. The molecule has 0 saturated carbocycles. The van der Waals surface area contributed by atoms with Crippen molar-refractivity contribution in [2.24, 2.45) is 7.05 Å². The summed E-state index contributed by atoms with van der Waals surface area (Å²) < 4.78 is 2.07. The molecule has 1 aromatic carbocycles. The SMILES string of the molecule is CC(C)SCc1cn(C)c2cccc(O)c12. The van der Waals surface area contributed by atoms with Crippen LogP contribution in [-0.4, -0.2) is 14.9 Å². The summed E-state index contributed by atoms with van der Waals surface area (Å²) >= 11 is 1.90. The Morgan fingerprint density at radius 3 is 2.81 bits per heavy atom. The van der Waals surface area contributed by atoms with Gasteiger partial charge >= 0.3 is 0 Å². The van der Waals surface area contributed by atoms with Gasteiger partial charge in [-0.2, -0.15) is 11.8 Å². The summed E-state index contributed by atoms with van der Waals surface area (Å²) in [5.74, 6) is 1.34. The summed E-state index contributed by atoms with van der Waals surface area (Å²) in [4.78, 5) is 0. The molecule has 1 aromatic heterocycles. The van der Waals surface area contributed by atoms with Gasteiger partial charge in [0.15, 0.2) is 0 Å². The van der Waals surface area contributed by atoms with Crippen LogP contribution in [0, 0.1) is 0 Å². The minimum atomic E-state index is 0.387. The minimum absolute atomic E-state index is 0.387. The summed E-state index contributed by atoms with van der Waals surface area (Å²) in [7, 11) is 2.02. The number of thioether (sulfide) groups is 1. The highest BCUT2D eigenvalue weighted by Crippen LogP contribution is 2.32. The van der Waals surface area contributed by atoms with E-state index in [1.54, 1.807) is 6.07 Å². The first kappa shape index (κ1) is 11.4. The topological polar surface area (TPSA) is 25.2 Å². The van der Waals surface area contributed by atoms with Gasteiger partial charge in [-0.05, 0) is 22.9 Å². The van der Waals surface area contributed by atoms with Crippen molar-refractivity contribution in [3.63, 3.8) is 0 Å². The van der Waals surface area contributed by atoms with Crippen LogP contribution in [0.5, 0.6) is 5.75 Å². The number of hydrogen-bond acceptors (Lipinski definition) is 2. The fourth-order valence-corrected chi connectivity index (χ4v) is 2.62. The molecule has 0 amide bonds. The van der Waals surface area contributed by atoms with E-state index in [-0.39, 0.29) is 0 Å². The Kier molecular flexibility index (Phi) is 3.15. The molecule has 16 heavy (non-hydrogen) atoms. The standard InChI is InChI=1S/C13H17NOS/c1-9(2)16-8-10-7-14(3)11-5-4-6-12(15)13(10)11/h4-7,9,15H,8H2,1-3H3. The van der Waals surface area contributed by atoms with Gasteiger partial charge in [0.25, 0.3) is 0 Å². The molecule has 0 aliphatic carbocycles. The maximum Gasteiger partial charge on any atom is 0.125 e. The van der Waals surface area contributed by atoms with Crippen molar-refractivity contribution < 1.29 is 5.11 Å². The average Bonchev–Trinajstić information content (AvgIpc) is 2.55. The van der Waals surface area contributed by atoms with Crippen LogP contribution < -0.4 is 0 Å². The van der Waals surface area contributed by atoms with Crippen molar-refractivity contribution >= 4 is 22.7 Å². The molecule has 0 unspecified atom stereocenters. The summed E-state index contributed by atoms with van der Waals surface area (Å²) in [5.41, 5.74) is 2.31. The van der Waals surface area contributed by atoms with Gasteiger partial charge in [0, 0.05) is 24.4 Å². The first-order valence-corrected chi connectivity index (χ1v) is 6.52. The van der Waals surface area contributed by atoms with Gasteiger partial charge < -0.3 is 9.67 Å². The highest BCUT2D eigenvalue weighted by atomic mass is 32.2. The summed E-state index contributed by atoms with van der Waals surface area (Å²) in [6.45, 7) is 4.38. The number of rotatable bonds is 3. The zero-order valence-electron chi connectivity index (χ0n) is 9.90. The molecule has 0 radical (unpaired) electrons. The minimum Gasteiger partial charge on any atom is -0.507 e. The molecule has 2 rings (SSSR count). The van der Waals surface area contributed by atoms with Crippen LogP contribution in [0.3, 0.4) is 0 Å². The first-order valence-electron chi connectivity index (χ1n) is 5.47. The van der Waals surface area contributed by atoms with E-state index in [9.17, 15) is 5.11 Å². The van der Waals surface area contributed by atoms with E-state index in [2.05, 4.69) is 24.6 Å². The Hall–Kier alpha value is -1.09. The first-order chi connectivity index (χ1) is 7.59. The van der Waals surface area contributed by atoms with Gasteiger partial charge in [0.2, 0.25) is 0 Å². The quantitative estimate of drug-likeness (QED) is 0.880. The van der Waals surface area contributed by atoms with Gasteiger partial charge in [-0.15, -0.1) is 0 Å². The predicted molar refractivity (Wildman–Crippen MR) is 71.0 cm³/mol. The van der Waals surface area contributed by atoms with E-state index in [1.807, 2.05) is 30.9 Å². The van der Waals surface area contributed by atoms with E-state index in [1.165, 1.54) is 5.56 Å². The smallest absolute Gasteiger partial charge is 0.125 e. The lowest BCUT2D eigenvalue weighted by atomic mass is 10.2. The zero-order valence-corrected chi connectivity index (χ0v) is 10.7. The number of aromatic hydroxyl groups is 1. The molecule has 0 aliphatic heterocycles. The summed E-state index contributed by atoms with van der Waals surface area (Å²) in [6.07, 6.45) is 2.11. The van der Waals surface area contributed by atoms with Gasteiger partial charge in [-0.1, -0.05) is 19.9 Å². The molecule has 2 aromatic rings. The third-order valence-corrected chi connectivity index (χ3v) is 3.79. The molecule has 0 saturated heterocycles. The van der Waals surface area contributed by atoms with E-state index in [0.717, 1.165) is 16.7 Å². The largest absolute Gasteiger partial charge is 0.507 e. The fraction of sp³-hybridized carbons (Fsp3) is 0.385. The molecular formula is C13H17NOS. The summed E-state index contributed by atoms with van der Waals surface area (Å²) in [5, 5.41) is 11.5. The number of nitrogens with zero attached hydrogens (tertiary/aromatic N) is 1. The van der Waals surface area contributed by atoms with Gasteiger partial charge in [0.1, 0.15) is 5.75 Å². The molecule has 2 nitrogen and oxygen atoms in total. The monoisotopic (exact) mass is 235 g/mol. The van der Waals surface area contributed by atoms with Crippen LogP contribution in [0.4, 0.5) is 0 Å². The van der Waals surface area contributed by atoms with Crippen molar-refractivity contribution in [1.29, 1.82) is 0 Å². The van der Waals surface area contributed by atoms with Gasteiger partial charge in [-0.3, -0.25) is 0 Å². The molecule has 1 heterocycles. The molecule has 86 valence electrons. The Labute approximate surface area is 100 Å². The third-order valence-electron chi connectivity index (χ3n) is 2.64. The number of phenols is 1. The number of fused-ring (bicyclic) bond motifs is 1. The van der Waals surface area contributed by atoms with Crippen molar-refractivity contribution in [3.05, 3.63) is 30.0 Å². The fourth-order valence-electron chi connectivity index (χ4n) is 1.88. The molecule has 3 heteroatoms. The van der Waals surface area contributed by atoms with Crippen LogP contribution in [0.1, 0.15) is 19.4 Å². The molecule has 1 N–H and O–H groups in total. The highest BCUT2D eigenvalue weighted by molar-refractivity contribution is 7.99. The average molecular weight is 235 g/mol. The molecule has 0 fully saturated rings. The van der Waals surface area contributed by atoms with Crippen molar-refractivity contribution in [3.8, 4) is 5.75 Å². The molecular weight excluding hydrogens is 218 g/mol. The molecule has 0 aliphatic rings. The Bertz CT molecular complexity index is 502. The number of phenolic OH excluding ortho intramolecular Hbond substituents is 1. The highest BCUT2D eigenvalue weighted by Gasteiger charge is 2.10. The van der Waals surface area contributed by atoms with Crippen LogP contribution in [0.15, 0.2) is 24.4 Å². The van der Waals surface area contributed by atoms with E-state index >= 15 is 0 Å². The summed E-state index contributed by atoms with van der Waals surface area (Å²) in [6, 6.07) is 5.68. The van der Waals surface area contributed by atoms with Gasteiger partial charge in [0.05, 0.1) is 5.52 Å². The van der Waals surface area contributed by atoms with Gasteiger partial charge in [-0.25, -0.2) is 0 Å². The number of aromatic nitrogens is 1. The maximum absolute atomic E-state index is 9.91. The third kappa shape index (κ3) is 2.05. The second-order valence-corrected chi connectivity index (χ2v) is 5.86. The van der Waals surface area contributed by atoms with Crippen LogP contribution in [0.2, 0.25) is 0 Å². The Morgan fingerprint density at radius 1 is 1.38 bits per heavy atom. The van der Waals surface area contributed by atoms with E-state index < -0.39 is 0 Å². The second kappa shape index (κ2) is 4.42. The lowest BCUT2D eigenvalue weighted by molar-refractivity contribution is 0.481. The predicted octanol–water partition coefficient (Wildman–Crippen LogP) is 3.53. The lowest BCUT2D eigenvalue weighted by Crippen LogP contribution is -1.88. The van der Waals surface area contributed by atoms with Crippen molar-refractivity contribution in [2.75, 3.05) is 0 Å². The molecule has 0 atom stereocenters. The molecule has 0 bridgehead atoms. The second-order valence-electron chi connectivity index (χ2n) is 4.30. The Balaban J connectivity index is 2.45. The lowest BCUT2D eigenvalue weighted by Gasteiger charge is -2.04. The van der Waals surface area contributed by atoms with E-state index in [0.29, 0.717) is 11.0 Å². The number of hydrogen-bond donors (Lipinski definition) is 1. The van der Waals surface area contributed by atoms with Crippen LogP contribution >= 0.6 is 11.8 Å². The zero-order chi connectivity index (χ0) is 11.7. The number of aryl methyl sites for hydroxylation is 1. The van der Waals surface area contributed by atoms with Crippen LogP contribution in [-0.2, 0) is 12.8 Å². The normalized spacial score (nSPS) is 11.5. The van der Waals surface area contributed by atoms with E-state index in [4.69, 9.17) is 0 Å². The van der Waals surface area contributed by atoms with Crippen molar-refractivity contribution in [1.82, 2.24) is 4.57 Å². The van der Waals surface area contributed by atoms with Crippen molar-refractivity contribution in [2.45, 2.75) is 24.9 Å².